The quantitative estimate of drug-likeness (QED) is 0.926. The Morgan fingerprint density at radius 1 is 1.44 bits per heavy atom. The van der Waals surface area contributed by atoms with Crippen LogP contribution in [-0.2, 0) is 0 Å². The van der Waals surface area contributed by atoms with E-state index in [1.54, 1.807) is 0 Å². The summed E-state index contributed by atoms with van der Waals surface area (Å²) in [5, 5.41) is 3.54. The Bertz CT molecular complexity index is 373. The zero-order valence-corrected chi connectivity index (χ0v) is 12.8. The van der Waals surface area contributed by atoms with Crippen LogP contribution in [0, 0.1) is 5.92 Å². The third-order valence-electron chi connectivity index (χ3n) is 3.47. The summed E-state index contributed by atoms with van der Waals surface area (Å²) in [5.74, 6) is 1.90. The molecule has 1 saturated heterocycles. The average Bonchev–Trinajstić information content (AvgIpc) is 2.38. The maximum atomic E-state index is 4.46. The predicted molar refractivity (Wildman–Crippen MR) is 80.0 cm³/mol. The Labute approximate surface area is 118 Å². The van der Waals surface area contributed by atoms with E-state index < -0.39 is 0 Å². The van der Waals surface area contributed by atoms with Crippen molar-refractivity contribution in [2.24, 2.45) is 5.92 Å². The van der Waals surface area contributed by atoms with Crippen molar-refractivity contribution in [1.29, 1.82) is 0 Å². The molecule has 1 aliphatic rings. The van der Waals surface area contributed by atoms with Gasteiger partial charge in [0.25, 0.3) is 0 Å². The Hall–Kier alpha value is -0.610. The maximum Gasteiger partial charge on any atom is 0.142 e. The number of hydrogen-bond donors (Lipinski definition) is 1. The molecule has 4 heteroatoms. The second-order valence-electron chi connectivity index (χ2n) is 5.30. The van der Waals surface area contributed by atoms with Gasteiger partial charge in [0, 0.05) is 25.3 Å². The van der Waals surface area contributed by atoms with Crippen LogP contribution >= 0.6 is 15.9 Å². The van der Waals surface area contributed by atoms with Crippen LogP contribution < -0.4 is 10.2 Å². The fourth-order valence-electron chi connectivity index (χ4n) is 2.36. The van der Waals surface area contributed by atoms with Gasteiger partial charge in [-0.3, -0.25) is 0 Å². The molecule has 0 aromatic carbocycles. The highest BCUT2D eigenvalue weighted by Gasteiger charge is 2.21. The summed E-state index contributed by atoms with van der Waals surface area (Å²) in [6, 6.07) is 4.62. The van der Waals surface area contributed by atoms with E-state index in [1.807, 2.05) is 12.3 Å². The second kappa shape index (κ2) is 6.53. The number of nitrogens with zero attached hydrogens (tertiary/aromatic N) is 2. The van der Waals surface area contributed by atoms with E-state index in [4.69, 9.17) is 0 Å². The molecule has 0 bridgehead atoms. The van der Waals surface area contributed by atoms with Crippen LogP contribution in [0.3, 0.4) is 0 Å². The topological polar surface area (TPSA) is 28.2 Å². The van der Waals surface area contributed by atoms with Crippen LogP contribution in [0.25, 0.3) is 0 Å². The van der Waals surface area contributed by atoms with Crippen LogP contribution in [0.5, 0.6) is 0 Å². The molecule has 0 saturated carbocycles. The molecule has 1 aromatic rings. The van der Waals surface area contributed by atoms with Crippen LogP contribution in [0.2, 0.25) is 0 Å². The van der Waals surface area contributed by atoms with Gasteiger partial charge in [0.2, 0.25) is 0 Å². The number of aromatic nitrogens is 1. The van der Waals surface area contributed by atoms with Crippen molar-refractivity contribution < 1.29 is 0 Å². The van der Waals surface area contributed by atoms with Gasteiger partial charge in [-0.15, -0.1) is 0 Å². The minimum Gasteiger partial charge on any atom is -0.356 e. The molecule has 1 aromatic heterocycles. The third kappa shape index (κ3) is 3.69. The molecule has 0 aliphatic carbocycles. The van der Waals surface area contributed by atoms with E-state index in [1.165, 1.54) is 12.8 Å². The summed E-state index contributed by atoms with van der Waals surface area (Å²) >= 11 is 3.58. The molecule has 0 atom stereocenters. The number of hydrogen-bond acceptors (Lipinski definition) is 3. The van der Waals surface area contributed by atoms with Crippen molar-refractivity contribution >= 4 is 21.7 Å². The highest BCUT2D eigenvalue weighted by atomic mass is 79.9. The lowest BCUT2D eigenvalue weighted by Gasteiger charge is -2.33. The molecule has 1 fully saturated rings. The molecular formula is C14H22BrN3. The molecule has 0 amide bonds. The van der Waals surface area contributed by atoms with Crippen LogP contribution in [0.1, 0.15) is 26.7 Å². The number of rotatable bonds is 4. The van der Waals surface area contributed by atoms with E-state index in [-0.39, 0.29) is 0 Å². The maximum absolute atomic E-state index is 4.46. The Kier molecular flexibility index (Phi) is 5.01. The van der Waals surface area contributed by atoms with E-state index in [2.05, 4.69) is 51.0 Å². The first kappa shape index (κ1) is 13.8. The van der Waals surface area contributed by atoms with Crippen LogP contribution in [-0.4, -0.2) is 30.7 Å². The lowest BCUT2D eigenvalue weighted by Crippen LogP contribution is -2.39. The van der Waals surface area contributed by atoms with E-state index in [0.29, 0.717) is 6.04 Å². The number of piperidine rings is 1. The van der Waals surface area contributed by atoms with Gasteiger partial charge in [-0.25, -0.2) is 4.98 Å². The summed E-state index contributed by atoms with van der Waals surface area (Å²) in [4.78, 5) is 6.85. The van der Waals surface area contributed by atoms with Crippen LogP contribution in [0.15, 0.2) is 22.8 Å². The van der Waals surface area contributed by atoms with Gasteiger partial charge in [0.15, 0.2) is 0 Å². The molecule has 1 N–H and O–H groups in total. The van der Waals surface area contributed by atoms with Gasteiger partial charge in [-0.05, 0) is 53.4 Å². The summed E-state index contributed by atoms with van der Waals surface area (Å²) in [6.45, 7) is 7.79. The van der Waals surface area contributed by atoms with Crippen molar-refractivity contribution in [2.45, 2.75) is 32.7 Å². The molecule has 2 rings (SSSR count). The molecule has 0 radical (unpaired) electrons. The highest BCUT2D eigenvalue weighted by molar-refractivity contribution is 9.10. The zero-order valence-electron chi connectivity index (χ0n) is 11.2. The Morgan fingerprint density at radius 3 is 2.78 bits per heavy atom. The normalized spacial score (nSPS) is 17.4. The Morgan fingerprint density at radius 2 is 2.17 bits per heavy atom. The van der Waals surface area contributed by atoms with E-state index >= 15 is 0 Å². The summed E-state index contributed by atoms with van der Waals surface area (Å²) in [7, 11) is 0. The van der Waals surface area contributed by atoms with Crippen molar-refractivity contribution in [2.75, 3.05) is 24.5 Å². The van der Waals surface area contributed by atoms with Crippen molar-refractivity contribution in [1.82, 2.24) is 10.3 Å². The summed E-state index contributed by atoms with van der Waals surface area (Å²) in [5.41, 5.74) is 0. The monoisotopic (exact) mass is 311 g/mol. The first-order valence-electron chi connectivity index (χ1n) is 6.75. The molecule has 2 heterocycles. The lowest BCUT2D eigenvalue weighted by molar-refractivity contribution is 0.369. The molecule has 0 unspecified atom stereocenters. The van der Waals surface area contributed by atoms with Gasteiger partial charge in [0.1, 0.15) is 5.82 Å². The Balaban J connectivity index is 1.85. The van der Waals surface area contributed by atoms with E-state index in [0.717, 1.165) is 35.8 Å². The van der Waals surface area contributed by atoms with Crippen molar-refractivity contribution in [3.63, 3.8) is 0 Å². The van der Waals surface area contributed by atoms with Crippen molar-refractivity contribution in [3.8, 4) is 0 Å². The molecule has 100 valence electrons. The van der Waals surface area contributed by atoms with Gasteiger partial charge in [0.05, 0.1) is 4.47 Å². The SMILES string of the molecule is CC(C)NCC1CCN(c2ncccc2Br)CC1. The first-order valence-corrected chi connectivity index (χ1v) is 7.55. The predicted octanol–water partition coefficient (Wildman–Crippen LogP) is 3.06. The number of pyridine rings is 1. The summed E-state index contributed by atoms with van der Waals surface area (Å²) < 4.78 is 1.10. The van der Waals surface area contributed by atoms with Crippen molar-refractivity contribution in [3.05, 3.63) is 22.8 Å². The minimum absolute atomic E-state index is 0.591. The lowest BCUT2D eigenvalue weighted by atomic mass is 9.96. The second-order valence-corrected chi connectivity index (χ2v) is 6.16. The molecule has 18 heavy (non-hydrogen) atoms. The molecule has 0 spiro atoms. The number of halogens is 1. The van der Waals surface area contributed by atoms with Gasteiger partial charge in [-0.2, -0.15) is 0 Å². The van der Waals surface area contributed by atoms with Gasteiger partial charge >= 0.3 is 0 Å². The fourth-order valence-corrected chi connectivity index (χ4v) is 2.87. The smallest absolute Gasteiger partial charge is 0.142 e. The summed E-state index contributed by atoms with van der Waals surface area (Å²) in [6.07, 6.45) is 4.37. The van der Waals surface area contributed by atoms with Crippen LogP contribution in [0.4, 0.5) is 5.82 Å². The number of nitrogens with one attached hydrogen (secondary N) is 1. The van der Waals surface area contributed by atoms with Gasteiger partial charge < -0.3 is 10.2 Å². The average molecular weight is 312 g/mol. The van der Waals surface area contributed by atoms with Gasteiger partial charge in [-0.1, -0.05) is 13.8 Å². The standard InChI is InChI=1S/C14H22BrN3/c1-11(2)17-10-12-5-8-18(9-6-12)14-13(15)4-3-7-16-14/h3-4,7,11-12,17H,5-6,8-10H2,1-2H3. The molecule has 3 nitrogen and oxygen atoms in total. The third-order valence-corrected chi connectivity index (χ3v) is 4.09. The fraction of sp³-hybridized carbons (Fsp3) is 0.643. The molecular weight excluding hydrogens is 290 g/mol. The first-order chi connectivity index (χ1) is 8.66. The number of anilines is 1. The molecule has 1 aliphatic heterocycles. The zero-order chi connectivity index (χ0) is 13.0. The largest absolute Gasteiger partial charge is 0.356 e. The van der Waals surface area contributed by atoms with E-state index in [9.17, 15) is 0 Å². The minimum atomic E-state index is 0.591. The highest BCUT2D eigenvalue weighted by Crippen LogP contribution is 2.27.